The van der Waals surface area contributed by atoms with Crippen LogP contribution in [0.25, 0.3) is 0 Å². The minimum atomic E-state index is -0.125. The third-order valence-corrected chi connectivity index (χ3v) is 6.25. The number of halogens is 1. The van der Waals surface area contributed by atoms with E-state index in [0.717, 1.165) is 0 Å². The summed E-state index contributed by atoms with van der Waals surface area (Å²) in [5.74, 6) is 1.86. The van der Waals surface area contributed by atoms with Crippen molar-refractivity contribution in [2.45, 2.75) is 92.9 Å². The van der Waals surface area contributed by atoms with E-state index < -0.39 is 0 Å². The van der Waals surface area contributed by atoms with Gasteiger partial charge in [-0.1, -0.05) is 79.1 Å². The van der Waals surface area contributed by atoms with Crippen molar-refractivity contribution in [1.29, 1.82) is 0 Å². The molecule has 0 amide bonds. The summed E-state index contributed by atoms with van der Waals surface area (Å²) in [6.07, 6.45) is 7.86. The fraction of sp³-hybridized carbons (Fsp3) is 0.438. The summed E-state index contributed by atoms with van der Waals surface area (Å²) in [6, 6.07) is 13.5. The topological polar surface area (TPSA) is 49.1 Å². The van der Waals surface area contributed by atoms with Crippen LogP contribution in [-0.4, -0.2) is 10.9 Å². The fourth-order valence-electron chi connectivity index (χ4n) is 4.53. The normalized spacial score (nSPS) is 11.4. The molecule has 3 aromatic rings. The van der Waals surface area contributed by atoms with Gasteiger partial charge in [0.2, 0.25) is 0 Å². The van der Waals surface area contributed by atoms with Crippen molar-refractivity contribution < 1.29 is 36.6 Å². The zero-order valence-corrected chi connectivity index (χ0v) is 26.8. The molecular formula is C32H45ClN2O2Pd. The Balaban J connectivity index is 0.000000696. The monoisotopic (exact) mass is 630 g/mol. The van der Waals surface area contributed by atoms with Crippen molar-refractivity contribution in [3.05, 3.63) is 99.9 Å². The van der Waals surface area contributed by atoms with E-state index in [1.165, 1.54) is 52.9 Å². The number of allylic oxidation sites excluding steroid dienone is 2. The zero-order valence-electron chi connectivity index (χ0n) is 24.5. The molecule has 0 atom stereocenters. The summed E-state index contributed by atoms with van der Waals surface area (Å²) in [4.78, 5) is 10.0. The van der Waals surface area contributed by atoms with Gasteiger partial charge >= 0.3 is 34.0 Å². The first-order valence-electron chi connectivity index (χ1n) is 13.2. The third kappa shape index (κ3) is 9.23. The molecule has 1 aromatic heterocycles. The van der Waals surface area contributed by atoms with Crippen molar-refractivity contribution in [3.63, 3.8) is 0 Å². The van der Waals surface area contributed by atoms with Crippen LogP contribution in [0.15, 0.2) is 67.0 Å². The van der Waals surface area contributed by atoms with Gasteiger partial charge in [0, 0.05) is 6.08 Å². The third-order valence-electron chi connectivity index (χ3n) is 6.25. The Morgan fingerprint density at radius 1 is 0.842 bits per heavy atom. The Morgan fingerprint density at radius 3 is 1.45 bits per heavy atom. The number of para-hydroxylation sites is 2. The zero-order chi connectivity index (χ0) is 29.2. The summed E-state index contributed by atoms with van der Waals surface area (Å²) in [5.41, 5.74) is 5.61. The van der Waals surface area contributed by atoms with Gasteiger partial charge in [-0.25, -0.2) is 8.49 Å². The van der Waals surface area contributed by atoms with E-state index >= 15 is 0 Å². The van der Waals surface area contributed by atoms with Gasteiger partial charge in [-0.15, -0.1) is 22.3 Å². The Morgan fingerprint density at radius 2 is 1.21 bits per heavy atom. The van der Waals surface area contributed by atoms with Crippen LogP contribution in [0.3, 0.4) is 0 Å². The van der Waals surface area contributed by atoms with Gasteiger partial charge in [-0.05, 0) is 13.8 Å². The standard InChI is InChI=1S/C27H37N2.C5H8O2.ClH.Pd/c1-18(2)22-11-9-12-23(19(3)4)26(22)28-15-16-29(17-28)27-24(20(5)6)13-10-14-25(27)21(7)8;1-4(6)3-5(2)7;;/h9-21H,1-8H3;3,6H,1-2H3;1H;/q-1;;;+2/p-1/b;4-3-;;. The van der Waals surface area contributed by atoms with Crippen LogP contribution in [0, 0.1) is 10.7 Å². The number of aliphatic hydroxyl groups excluding tert-OH is 1. The predicted molar refractivity (Wildman–Crippen MR) is 153 cm³/mol. The first-order valence-corrected chi connectivity index (χ1v) is 15.2. The van der Waals surface area contributed by atoms with Crippen LogP contribution in [0.2, 0.25) is 0 Å². The molecule has 0 spiro atoms. The van der Waals surface area contributed by atoms with E-state index in [0.29, 0.717) is 23.7 Å². The molecule has 0 aliphatic heterocycles. The maximum atomic E-state index is 10.0. The number of imidazole rings is 1. The molecule has 212 valence electrons. The molecule has 0 aliphatic carbocycles. The molecule has 0 saturated heterocycles. The van der Waals surface area contributed by atoms with E-state index in [1.54, 1.807) is 0 Å². The number of carbonyl (C=O) groups is 1. The van der Waals surface area contributed by atoms with Crippen LogP contribution < -0.4 is 8.49 Å². The molecule has 0 aliphatic rings. The summed E-state index contributed by atoms with van der Waals surface area (Å²) >= 11 is 2.22. The predicted octanol–water partition coefficient (Wildman–Crippen LogP) is 7.80. The van der Waals surface area contributed by atoms with Gasteiger partial charge in [0.1, 0.15) is 12.4 Å². The quantitative estimate of drug-likeness (QED) is 0.103. The van der Waals surface area contributed by atoms with Gasteiger partial charge in [0.15, 0.2) is 5.78 Å². The van der Waals surface area contributed by atoms with E-state index in [2.05, 4.69) is 147 Å². The Bertz CT molecular complexity index is 1250. The molecule has 4 nitrogen and oxygen atoms in total. The second-order valence-electron chi connectivity index (χ2n) is 10.8. The SMILES string of the molecule is CC(=O)/C=C(/C)O.CC(C)c1ccc[c-](C(C)C)c1=[n+]1cc[n+](=c2c(C(C)C)ccc[c-]2C(C)C)[cH-]1.[Cl][Pd+]. The molecule has 3 rings (SSSR count). The van der Waals surface area contributed by atoms with E-state index in [-0.39, 0.29) is 11.5 Å². The van der Waals surface area contributed by atoms with Crippen molar-refractivity contribution in [2.75, 3.05) is 0 Å². The van der Waals surface area contributed by atoms with Crippen LogP contribution in [0.4, 0.5) is 0 Å². The molecule has 1 N–H and O–H groups in total. The average Bonchev–Trinajstić information content (AvgIpc) is 3.33. The number of carbonyl (C=O) groups excluding carboxylic acids is 1. The Hall–Kier alpha value is -2.19. The van der Waals surface area contributed by atoms with Gasteiger partial charge < -0.3 is 5.11 Å². The number of nitrogens with zero attached hydrogens (tertiary/aromatic N) is 2. The van der Waals surface area contributed by atoms with Crippen molar-refractivity contribution in [2.24, 2.45) is 0 Å². The average molecular weight is 632 g/mol. The molecule has 0 saturated carbocycles. The van der Waals surface area contributed by atoms with E-state index in [9.17, 15) is 4.79 Å². The van der Waals surface area contributed by atoms with Crippen molar-refractivity contribution in [3.8, 4) is 0 Å². The maximum absolute atomic E-state index is 10.0. The summed E-state index contributed by atoms with van der Waals surface area (Å²) < 4.78 is 4.65. The molecule has 38 heavy (non-hydrogen) atoms. The Labute approximate surface area is 243 Å². The van der Waals surface area contributed by atoms with E-state index in [4.69, 9.17) is 5.11 Å². The van der Waals surface area contributed by atoms with Crippen LogP contribution >= 0.6 is 9.53 Å². The number of aromatic nitrogens is 2. The number of aliphatic hydroxyl groups is 1. The summed E-state index contributed by atoms with van der Waals surface area (Å²) in [5, 5.41) is 11.0. The second kappa shape index (κ2) is 16.0. The van der Waals surface area contributed by atoms with E-state index in [1.807, 2.05) is 0 Å². The molecule has 0 radical (unpaired) electrons. The van der Waals surface area contributed by atoms with Crippen LogP contribution in [0.1, 0.15) is 115 Å². The van der Waals surface area contributed by atoms with Gasteiger partial charge in [0.25, 0.3) is 0 Å². The van der Waals surface area contributed by atoms with Crippen molar-refractivity contribution >= 4 is 15.3 Å². The van der Waals surface area contributed by atoms with Gasteiger partial charge in [-0.2, -0.15) is 36.4 Å². The molecule has 0 bridgehead atoms. The van der Waals surface area contributed by atoms with Crippen LogP contribution in [-0.2, 0) is 23.0 Å². The minimum absolute atomic E-state index is 0.0625. The fourth-order valence-corrected chi connectivity index (χ4v) is 4.53. The number of benzene rings is 2. The number of hydrogen-bond acceptors (Lipinski definition) is 2. The van der Waals surface area contributed by atoms with Gasteiger partial charge in [-0.3, -0.25) is 4.79 Å². The Kier molecular flexibility index (Phi) is 14.3. The second-order valence-corrected chi connectivity index (χ2v) is 10.8. The number of ketones is 1. The summed E-state index contributed by atoms with van der Waals surface area (Å²) in [7, 11) is 4.49. The number of rotatable bonds is 5. The first-order chi connectivity index (χ1) is 17.8. The molecule has 1 heterocycles. The molecular weight excluding hydrogens is 586 g/mol. The molecule has 6 heteroatoms. The number of hydrogen-bond donors (Lipinski definition) is 1. The van der Waals surface area contributed by atoms with Crippen LogP contribution in [0.5, 0.6) is 0 Å². The summed E-state index contributed by atoms with van der Waals surface area (Å²) in [6.45, 7) is 21.1. The van der Waals surface area contributed by atoms with Gasteiger partial charge in [0.05, 0.1) is 16.5 Å². The molecule has 0 fully saturated rings. The first kappa shape index (κ1) is 33.8. The van der Waals surface area contributed by atoms with Crippen molar-refractivity contribution in [1.82, 2.24) is 0 Å². The molecule has 2 aromatic carbocycles. The molecule has 0 unspecified atom stereocenters.